The summed E-state index contributed by atoms with van der Waals surface area (Å²) in [5.74, 6) is 1.34. The monoisotopic (exact) mass is 437 g/mol. The molecule has 4 rings (SSSR count). The van der Waals surface area contributed by atoms with Crippen LogP contribution in [0, 0.1) is 17.8 Å². The van der Waals surface area contributed by atoms with Crippen LogP contribution in [-0.2, 0) is 14.9 Å². The number of nitrogens with zero attached hydrogens (tertiary/aromatic N) is 1. The van der Waals surface area contributed by atoms with Gasteiger partial charge in [0.2, 0.25) is 0 Å². The van der Waals surface area contributed by atoms with Crippen LogP contribution < -0.4 is 0 Å². The molecule has 1 aromatic carbocycles. The molecule has 3 aliphatic rings. The number of carbonyl (C=O) groups is 2. The zero-order valence-corrected chi connectivity index (χ0v) is 20.0. The summed E-state index contributed by atoms with van der Waals surface area (Å²) >= 11 is 0. The molecule has 0 radical (unpaired) electrons. The molecule has 4 heteroatoms. The Morgan fingerprint density at radius 3 is 2.47 bits per heavy atom. The van der Waals surface area contributed by atoms with Crippen LogP contribution in [0.4, 0.5) is 4.79 Å². The number of hydrogen-bond acceptors (Lipinski definition) is 3. The van der Waals surface area contributed by atoms with Gasteiger partial charge in [-0.05, 0) is 54.6 Å². The van der Waals surface area contributed by atoms with E-state index in [1.54, 1.807) is 17.2 Å². The molecule has 0 N–H and O–H groups in total. The average molecular weight is 438 g/mol. The van der Waals surface area contributed by atoms with Gasteiger partial charge in [0, 0.05) is 24.6 Å². The standard InChI is InChI=1S/C28H39NO3/c1-20-14-15-24(28(2,3)22-12-8-5-9-13-22)26(18-20)32-27(31)29-17-16-23(30)19-25(29)21-10-6-4-7-11-21/h5,8-9,12-13,16-17,20-21,24-26H,4,6-7,10-11,14-15,18-19H2,1-3H3/t20-,24-,25-,26-/m1/s1. The van der Waals surface area contributed by atoms with Gasteiger partial charge in [0.05, 0.1) is 0 Å². The third kappa shape index (κ3) is 4.94. The smallest absolute Gasteiger partial charge is 0.414 e. The van der Waals surface area contributed by atoms with E-state index in [-0.39, 0.29) is 35.4 Å². The van der Waals surface area contributed by atoms with Crippen LogP contribution >= 0.6 is 0 Å². The fraction of sp³-hybridized carbons (Fsp3) is 0.643. The minimum Gasteiger partial charge on any atom is -0.446 e. The maximum atomic E-state index is 13.5. The Hall–Kier alpha value is -2.10. The molecule has 4 atom stereocenters. The number of hydrogen-bond donors (Lipinski definition) is 0. The van der Waals surface area contributed by atoms with E-state index in [1.165, 1.54) is 24.8 Å². The number of ketones is 1. The van der Waals surface area contributed by atoms with E-state index in [9.17, 15) is 9.59 Å². The molecule has 4 nitrogen and oxygen atoms in total. The van der Waals surface area contributed by atoms with Crippen molar-refractivity contribution in [2.24, 2.45) is 17.8 Å². The second-order valence-corrected chi connectivity index (χ2v) is 10.9. The lowest BCUT2D eigenvalue weighted by Gasteiger charge is -2.45. The molecule has 1 heterocycles. The van der Waals surface area contributed by atoms with E-state index in [0.29, 0.717) is 18.3 Å². The first-order chi connectivity index (χ1) is 15.4. The van der Waals surface area contributed by atoms with Crippen LogP contribution in [-0.4, -0.2) is 28.9 Å². The zero-order valence-electron chi connectivity index (χ0n) is 20.0. The van der Waals surface area contributed by atoms with Crippen LogP contribution in [0.25, 0.3) is 0 Å². The van der Waals surface area contributed by atoms with Gasteiger partial charge in [-0.3, -0.25) is 9.69 Å². The Morgan fingerprint density at radius 2 is 1.75 bits per heavy atom. The van der Waals surface area contributed by atoms with E-state index in [4.69, 9.17) is 4.74 Å². The van der Waals surface area contributed by atoms with E-state index < -0.39 is 0 Å². The summed E-state index contributed by atoms with van der Waals surface area (Å²) in [6.45, 7) is 6.83. The lowest BCUT2D eigenvalue weighted by molar-refractivity contribution is -0.117. The molecule has 0 aromatic heterocycles. The predicted octanol–water partition coefficient (Wildman–Crippen LogP) is 6.64. The molecule has 2 saturated carbocycles. The largest absolute Gasteiger partial charge is 0.446 e. The Kier molecular flexibility index (Phi) is 7.07. The van der Waals surface area contributed by atoms with Crippen molar-refractivity contribution in [3.8, 4) is 0 Å². The molecular formula is C28H39NO3. The topological polar surface area (TPSA) is 46.6 Å². The first kappa shape index (κ1) is 23.1. The number of allylic oxidation sites excluding steroid dienone is 1. The van der Waals surface area contributed by atoms with Gasteiger partial charge in [0.25, 0.3) is 0 Å². The van der Waals surface area contributed by atoms with E-state index in [0.717, 1.165) is 32.1 Å². The van der Waals surface area contributed by atoms with Crippen molar-refractivity contribution in [3.05, 3.63) is 48.2 Å². The minimum absolute atomic E-state index is 0.0538. The number of benzene rings is 1. The Balaban J connectivity index is 1.53. The molecule has 0 spiro atoms. The van der Waals surface area contributed by atoms with Crippen molar-refractivity contribution in [2.75, 3.05) is 0 Å². The predicted molar refractivity (Wildman–Crippen MR) is 127 cm³/mol. The zero-order chi connectivity index (χ0) is 22.7. The van der Waals surface area contributed by atoms with Gasteiger partial charge in [-0.15, -0.1) is 0 Å². The summed E-state index contributed by atoms with van der Waals surface area (Å²) in [6.07, 6.45) is 12.2. The molecular weight excluding hydrogens is 398 g/mol. The summed E-state index contributed by atoms with van der Waals surface area (Å²) in [5.41, 5.74) is 1.21. The Bertz CT molecular complexity index is 824. The second kappa shape index (κ2) is 9.80. The Morgan fingerprint density at radius 1 is 1.03 bits per heavy atom. The average Bonchev–Trinajstić information content (AvgIpc) is 2.80. The second-order valence-electron chi connectivity index (χ2n) is 10.9. The number of carbonyl (C=O) groups excluding carboxylic acids is 2. The maximum absolute atomic E-state index is 13.5. The summed E-state index contributed by atoms with van der Waals surface area (Å²) < 4.78 is 6.30. The summed E-state index contributed by atoms with van der Waals surface area (Å²) in [4.78, 5) is 27.4. The van der Waals surface area contributed by atoms with Crippen LogP contribution in [0.1, 0.15) is 84.1 Å². The maximum Gasteiger partial charge on any atom is 0.414 e. The van der Waals surface area contributed by atoms with E-state index >= 15 is 0 Å². The van der Waals surface area contributed by atoms with Crippen molar-refractivity contribution in [3.63, 3.8) is 0 Å². The van der Waals surface area contributed by atoms with Gasteiger partial charge in [0.1, 0.15) is 6.10 Å². The number of ether oxygens (including phenoxy) is 1. The molecule has 0 saturated heterocycles. The van der Waals surface area contributed by atoms with Crippen LogP contribution in [0.5, 0.6) is 0 Å². The molecule has 2 fully saturated rings. The lowest BCUT2D eigenvalue weighted by atomic mass is 9.64. The highest BCUT2D eigenvalue weighted by molar-refractivity contribution is 5.92. The van der Waals surface area contributed by atoms with Crippen molar-refractivity contribution < 1.29 is 14.3 Å². The van der Waals surface area contributed by atoms with Gasteiger partial charge in [-0.2, -0.15) is 0 Å². The summed E-state index contributed by atoms with van der Waals surface area (Å²) in [6, 6.07) is 10.6. The van der Waals surface area contributed by atoms with Gasteiger partial charge in [0.15, 0.2) is 5.78 Å². The van der Waals surface area contributed by atoms with Gasteiger partial charge in [-0.1, -0.05) is 76.8 Å². The SMILES string of the molecule is C[C@@H]1CC[C@@H](C(C)(C)c2ccccc2)[C@H](OC(=O)N2C=CC(=O)C[C@@H]2C2CCCCC2)C1. The Labute approximate surface area is 193 Å². The third-order valence-electron chi connectivity index (χ3n) is 8.34. The van der Waals surface area contributed by atoms with Crippen LogP contribution in [0.2, 0.25) is 0 Å². The first-order valence-corrected chi connectivity index (χ1v) is 12.6. The lowest BCUT2D eigenvalue weighted by Crippen LogP contribution is -2.49. The quantitative estimate of drug-likeness (QED) is 0.530. The van der Waals surface area contributed by atoms with Crippen LogP contribution in [0.3, 0.4) is 0 Å². The van der Waals surface area contributed by atoms with Gasteiger partial charge >= 0.3 is 6.09 Å². The van der Waals surface area contributed by atoms with Crippen molar-refractivity contribution in [1.29, 1.82) is 0 Å². The molecule has 1 amide bonds. The molecule has 1 aromatic rings. The first-order valence-electron chi connectivity index (χ1n) is 12.6. The highest BCUT2D eigenvalue weighted by atomic mass is 16.6. The normalized spacial score (nSPS) is 29.7. The molecule has 0 unspecified atom stereocenters. The van der Waals surface area contributed by atoms with Crippen molar-refractivity contribution >= 4 is 11.9 Å². The fourth-order valence-electron chi connectivity index (χ4n) is 6.31. The highest BCUT2D eigenvalue weighted by Crippen LogP contribution is 2.44. The molecule has 0 bridgehead atoms. The summed E-state index contributed by atoms with van der Waals surface area (Å²) in [7, 11) is 0. The van der Waals surface area contributed by atoms with Crippen molar-refractivity contribution in [2.45, 2.75) is 96.1 Å². The number of rotatable bonds is 4. The molecule has 2 aliphatic carbocycles. The minimum atomic E-state index is -0.266. The molecule has 174 valence electrons. The van der Waals surface area contributed by atoms with Gasteiger partial charge < -0.3 is 4.74 Å². The fourth-order valence-corrected chi connectivity index (χ4v) is 6.31. The number of amides is 1. The molecule has 32 heavy (non-hydrogen) atoms. The van der Waals surface area contributed by atoms with E-state index in [2.05, 4.69) is 51.1 Å². The van der Waals surface area contributed by atoms with Crippen molar-refractivity contribution in [1.82, 2.24) is 4.90 Å². The van der Waals surface area contributed by atoms with Gasteiger partial charge in [-0.25, -0.2) is 4.79 Å². The summed E-state index contributed by atoms with van der Waals surface area (Å²) in [5, 5.41) is 0. The van der Waals surface area contributed by atoms with Crippen LogP contribution in [0.15, 0.2) is 42.6 Å². The highest BCUT2D eigenvalue weighted by Gasteiger charge is 2.43. The van der Waals surface area contributed by atoms with E-state index in [1.807, 2.05) is 0 Å². The third-order valence-corrected chi connectivity index (χ3v) is 8.34. The molecule has 1 aliphatic heterocycles.